The predicted octanol–water partition coefficient (Wildman–Crippen LogP) is 3.49. The van der Waals surface area contributed by atoms with E-state index >= 15 is 0 Å². The van der Waals surface area contributed by atoms with Crippen LogP contribution >= 0.6 is 0 Å². The Hall–Kier alpha value is -2.13. The lowest BCUT2D eigenvalue weighted by Crippen LogP contribution is -2.27. The normalized spacial score (nSPS) is 10.7. The maximum atomic E-state index is 11.8. The Morgan fingerprint density at radius 2 is 2.00 bits per heavy atom. The maximum absolute atomic E-state index is 11.8. The first-order chi connectivity index (χ1) is 9.23. The maximum Gasteiger partial charge on any atom is 0.412 e. The molecule has 20 heavy (non-hydrogen) atoms. The highest BCUT2D eigenvalue weighted by Crippen LogP contribution is 2.22. The number of anilines is 1. The van der Waals surface area contributed by atoms with Crippen molar-refractivity contribution in [2.24, 2.45) is 4.99 Å². The van der Waals surface area contributed by atoms with Gasteiger partial charge in [-0.1, -0.05) is 6.07 Å². The number of nitrogens with zero attached hydrogens (tertiary/aromatic N) is 1. The zero-order valence-electron chi connectivity index (χ0n) is 12.5. The fourth-order valence-corrected chi connectivity index (χ4v) is 1.69. The quantitative estimate of drug-likeness (QED) is 0.678. The van der Waals surface area contributed by atoms with Crippen molar-refractivity contribution < 1.29 is 14.3 Å². The van der Waals surface area contributed by atoms with Gasteiger partial charge in [-0.3, -0.25) is 5.32 Å². The van der Waals surface area contributed by atoms with E-state index in [9.17, 15) is 9.59 Å². The highest BCUT2D eigenvalue weighted by molar-refractivity contribution is 5.86. The smallest absolute Gasteiger partial charge is 0.412 e. The van der Waals surface area contributed by atoms with E-state index < -0.39 is 11.7 Å². The van der Waals surface area contributed by atoms with E-state index in [-0.39, 0.29) is 6.54 Å². The summed E-state index contributed by atoms with van der Waals surface area (Å²) in [5, 5.41) is 2.72. The Balaban J connectivity index is 2.96. The first-order valence-corrected chi connectivity index (χ1v) is 6.36. The molecule has 1 amide bonds. The second-order valence-electron chi connectivity index (χ2n) is 5.62. The second kappa shape index (κ2) is 6.35. The number of carbonyl (C=O) groups is 1. The van der Waals surface area contributed by atoms with Gasteiger partial charge in [-0.25, -0.2) is 14.6 Å². The largest absolute Gasteiger partial charge is 0.444 e. The Morgan fingerprint density at radius 1 is 1.35 bits per heavy atom. The Bertz CT molecular complexity index is 553. The SMILES string of the molecule is Cc1cc(CN=C=O)cc(NC(=O)OC(C)(C)C)c1C. The molecule has 1 aromatic carbocycles. The Morgan fingerprint density at radius 3 is 2.55 bits per heavy atom. The van der Waals surface area contributed by atoms with Crippen LogP contribution in [0.5, 0.6) is 0 Å². The molecule has 0 aliphatic heterocycles. The molecule has 0 fully saturated rings. The number of nitrogens with one attached hydrogen (secondary N) is 1. The van der Waals surface area contributed by atoms with E-state index in [2.05, 4.69) is 10.3 Å². The van der Waals surface area contributed by atoms with Crippen LogP contribution in [0.15, 0.2) is 17.1 Å². The number of hydrogen-bond acceptors (Lipinski definition) is 4. The predicted molar refractivity (Wildman–Crippen MR) is 77.6 cm³/mol. The van der Waals surface area contributed by atoms with E-state index in [1.54, 1.807) is 26.8 Å². The van der Waals surface area contributed by atoms with Crippen molar-refractivity contribution in [3.8, 4) is 0 Å². The molecule has 0 saturated carbocycles. The van der Waals surface area contributed by atoms with Gasteiger partial charge in [-0.15, -0.1) is 0 Å². The molecule has 0 aromatic heterocycles. The van der Waals surface area contributed by atoms with Gasteiger partial charge in [-0.2, -0.15) is 0 Å². The molecule has 0 radical (unpaired) electrons. The molecule has 1 aromatic rings. The number of amides is 1. The number of ether oxygens (including phenoxy) is 1. The lowest BCUT2D eigenvalue weighted by atomic mass is 10.0. The Labute approximate surface area is 119 Å². The van der Waals surface area contributed by atoms with Gasteiger partial charge in [0, 0.05) is 5.69 Å². The van der Waals surface area contributed by atoms with Crippen molar-refractivity contribution in [2.45, 2.75) is 46.8 Å². The lowest BCUT2D eigenvalue weighted by molar-refractivity contribution is 0.0636. The van der Waals surface area contributed by atoms with Crippen molar-refractivity contribution in [2.75, 3.05) is 5.32 Å². The summed E-state index contributed by atoms with van der Waals surface area (Å²) in [4.78, 5) is 25.5. The molecule has 0 bridgehead atoms. The molecule has 0 saturated heterocycles. The average Bonchev–Trinajstić information content (AvgIpc) is 2.30. The van der Waals surface area contributed by atoms with Crippen LogP contribution in [0.4, 0.5) is 10.5 Å². The number of aryl methyl sites for hydroxylation is 1. The van der Waals surface area contributed by atoms with Crippen molar-refractivity contribution in [1.29, 1.82) is 0 Å². The minimum atomic E-state index is -0.549. The molecule has 1 rings (SSSR count). The molecule has 5 nitrogen and oxygen atoms in total. The minimum absolute atomic E-state index is 0.244. The number of carbonyl (C=O) groups excluding carboxylic acids is 2. The molecular formula is C15H20N2O3. The van der Waals surface area contributed by atoms with Gasteiger partial charge < -0.3 is 4.74 Å². The summed E-state index contributed by atoms with van der Waals surface area (Å²) in [7, 11) is 0. The number of isocyanates is 1. The van der Waals surface area contributed by atoms with E-state index in [0.29, 0.717) is 5.69 Å². The molecule has 5 heteroatoms. The summed E-state index contributed by atoms with van der Waals surface area (Å²) >= 11 is 0. The minimum Gasteiger partial charge on any atom is -0.444 e. The third kappa shape index (κ3) is 4.86. The fraction of sp³-hybridized carbons (Fsp3) is 0.467. The molecule has 0 atom stereocenters. The summed E-state index contributed by atoms with van der Waals surface area (Å²) in [6.45, 7) is 9.51. The van der Waals surface area contributed by atoms with Crippen LogP contribution in [0, 0.1) is 13.8 Å². The van der Waals surface area contributed by atoms with Crippen molar-refractivity contribution in [3.05, 3.63) is 28.8 Å². The first kappa shape index (κ1) is 15.9. The fourth-order valence-electron chi connectivity index (χ4n) is 1.69. The van der Waals surface area contributed by atoms with Crippen LogP contribution in [0.3, 0.4) is 0 Å². The number of benzene rings is 1. The second-order valence-corrected chi connectivity index (χ2v) is 5.62. The molecule has 1 N–H and O–H groups in total. The zero-order chi connectivity index (χ0) is 15.3. The number of hydrogen-bond donors (Lipinski definition) is 1. The van der Waals surface area contributed by atoms with Gasteiger partial charge in [0.15, 0.2) is 0 Å². The van der Waals surface area contributed by atoms with E-state index in [4.69, 9.17) is 4.74 Å². The van der Waals surface area contributed by atoms with E-state index in [0.717, 1.165) is 16.7 Å². The van der Waals surface area contributed by atoms with Gasteiger partial charge in [0.1, 0.15) is 5.60 Å². The average molecular weight is 276 g/mol. The highest BCUT2D eigenvalue weighted by Gasteiger charge is 2.17. The number of aliphatic imine (C=N–C) groups is 1. The summed E-state index contributed by atoms with van der Waals surface area (Å²) < 4.78 is 5.22. The lowest BCUT2D eigenvalue weighted by Gasteiger charge is -2.20. The van der Waals surface area contributed by atoms with Gasteiger partial charge in [-0.05, 0) is 57.4 Å². The standard InChI is InChI=1S/C15H20N2O3/c1-10-6-12(8-16-9-18)7-13(11(10)2)17-14(19)20-15(3,4)5/h6-7H,8H2,1-5H3,(H,17,19). The third-order valence-electron chi connectivity index (χ3n) is 2.69. The molecule has 0 aliphatic rings. The zero-order valence-corrected chi connectivity index (χ0v) is 12.5. The van der Waals surface area contributed by atoms with Crippen LogP contribution in [0.1, 0.15) is 37.5 Å². The van der Waals surface area contributed by atoms with Crippen molar-refractivity contribution in [1.82, 2.24) is 0 Å². The van der Waals surface area contributed by atoms with Crippen LogP contribution in [0.25, 0.3) is 0 Å². The van der Waals surface area contributed by atoms with Crippen LogP contribution in [-0.4, -0.2) is 17.8 Å². The van der Waals surface area contributed by atoms with Crippen LogP contribution in [0.2, 0.25) is 0 Å². The van der Waals surface area contributed by atoms with E-state index in [1.165, 1.54) is 6.08 Å². The Kier molecular flexibility index (Phi) is 5.06. The molecule has 0 aliphatic carbocycles. The third-order valence-corrected chi connectivity index (χ3v) is 2.69. The van der Waals surface area contributed by atoms with E-state index in [1.807, 2.05) is 19.9 Å². The molecule has 0 heterocycles. The summed E-state index contributed by atoms with van der Waals surface area (Å²) in [6.07, 6.45) is 1.00. The molecular weight excluding hydrogens is 256 g/mol. The number of rotatable bonds is 3. The topological polar surface area (TPSA) is 67.8 Å². The summed E-state index contributed by atoms with van der Waals surface area (Å²) in [5.74, 6) is 0. The monoisotopic (exact) mass is 276 g/mol. The van der Waals surface area contributed by atoms with Crippen LogP contribution in [-0.2, 0) is 16.1 Å². The van der Waals surface area contributed by atoms with Gasteiger partial charge in [0.2, 0.25) is 6.08 Å². The van der Waals surface area contributed by atoms with Gasteiger partial charge in [0.25, 0.3) is 0 Å². The van der Waals surface area contributed by atoms with Crippen molar-refractivity contribution in [3.63, 3.8) is 0 Å². The highest BCUT2D eigenvalue weighted by atomic mass is 16.6. The molecule has 108 valence electrons. The summed E-state index contributed by atoms with van der Waals surface area (Å²) in [6, 6.07) is 3.71. The molecule has 0 unspecified atom stereocenters. The van der Waals surface area contributed by atoms with Crippen molar-refractivity contribution >= 4 is 17.9 Å². The first-order valence-electron chi connectivity index (χ1n) is 6.36. The summed E-state index contributed by atoms with van der Waals surface area (Å²) in [5.41, 5.74) is 2.91. The van der Waals surface area contributed by atoms with Gasteiger partial charge >= 0.3 is 6.09 Å². The van der Waals surface area contributed by atoms with Crippen LogP contribution < -0.4 is 5.32 Å². The van der Waals surface area contributed by atoms with Gasteiger partial charge in [0.05, 0.1) is 6.54 Å². The molecule has 0 spiro atoms.